The van der Waals surface area contributed by atoms with Crippen LogP contribution < -0.4 is 10.6 Å². The van der Waals surface area contributed by atoms with Crippen molar-refractivity contribution >= 4 is 11.6 Å². The maximum atomic E-state index is 4.26. The molecule has 1 aromatic carbocycles. The SMILES string of the molecule is C1=CCC2=c3cncnc3=CC2=C1.c1ccc2c(c1)Cc1ncncc1-2. The number of aromatic nitrogens is 4. The van der Waals surface area contributed by atoms with Crippen molar-refractivity contribution in [1.29, 1.82) is 0 Å². The molecule has 0 saturated carbocycles. The standard InChI is InChI=1S/2C11H8N2/c2*1-2-4-9-8(3-1)5-11-10(9)6-12-7-13-11/h1-3,5-7H,4H2;1-4,6-7H,5H2. The van der Waals surface area contributed by atoms with Crippen molar-refractivity contribution in [2.75, 3.05) is 0 Å². The molecule has 4 heteroatoms. The summed E-state index contributed by atoms with van der Waals surface area (Å²) in [4.78, 5) is 16.6. The highest BCUT2D eigenvalue weighted by Gasteiger charge is 2.18. The van der Waals surface area contributed by atoms with Crippen molar-refractivity contribution in [2.45, 2.75) is 12.8 Å². The lowest BCUT2D eigenvalue weighted by Gasteiger charge is -2.04. The van der Waals surface area contributed by atoms with Gasteiger partial charge in [-0.1, -0.05) is 42.5 Å². The monoisotopic (exact) mass is 336 g/mol. The topological polar surface area (TPSA) is 51.6 Å². The Hall–Kier alpha value is -3.40. The summed E-state index contributed by atoms with van der Waals surface area (Å²) in [7, 11) is 0. The van der Waals surface area contributed by atoms with Gasteiger partial charge in [0.2, 0.25) is 0 Å². The number of rotatable bonds is 0. The number of benzene rings is 1. The minimum atomic E-state index is 0.952. The number of fused-ring (bicyclic) bond motifs is 5. The van der Waals surface area contributed by atoms with Crippen LogP contribution in [0.3, 0.4) is 0 Å². The molecular formula is C22H16N4. The van der Waals surface area contributed by atoms with Crippen LogP contribution in [0, 0.1) is 0 Å². The molecule has 0 atom stereocenters. The Bertz CT molecular complexity index is 1150. The predicted octanol–water partition coefficient (Wildman–Crippen LogP) is 2.36. The van der Waals surface area contributed by atoms with E-state index in [1.165, 1.54) is 33.1 Å². The average Bonchev–Trinajstić information content (AvgIpc) is 3.27. The highest BCUT2D eigenvalue weighted by atomic mass is 14.8. The van der Waals surface area contributed by atoms with Gasteiger partial charge in [-0.3, -0.25) is 0 Å². The molecule has 3 aliphatic carbocycles. The predicted molar refractivity (Wildman–Crippen MR) is 101 cm³/mol. The fourth-order valence-corrected chi connectivity index (χ4v) is 3.65. The summed E-state index contributed by atoms with van der Waals surface area (Å²) in [6.45, 7) is 0. The summed E-state index contributed by atoms with van der Waals surface area (Å²) in [5.41, 5.74) is 7.64. The Kier molecular flexibility index (Phi) is 3.53. The van der Waals surface area contributed by atoms with Crippen molar-refractivity contribution in [3.05, 3.63) is 94.9 Å². The number of hydrogen-bond donors (Lipinski definition) is 0. The molecule has 124 valence electrons. The van der Waals surface area contributed by atoms with Crippen LogP contribution in [-0.2, 0) is 6.42 Å². The van der Waals surface area contributed by atoms with E-state index >= 15 is 0 Å². The van der Waals surface area contributed by atoms with Gasteiger partial charge in [0.15, 0.2) is 0 Å². The van der Waals surface area contributed by atoms with Crippen molar-refractivity contribution in [2.24, 2.45) is 0 Å². The molecule has 0 bridgehead atoms. The van der Waals surface area contributed by atoms with E-state index in [0.717, 1.165) is 23.9 Å². The minimum absolute atomic E-state index is 0.952. The first-order valence-electron chi connectivity index (χ1n) is 8.65. The average molecular weight is 336 g/mol. The summed E-state index contributed by atoms with van der Waals surface area (Å²) in [5, 5.41) is 2.25. The van der Waals surface area contributed by atoms with E-state index in [4.69, 9.17) is 0 Å². The van der Waals surface area contributed by atoms with E-state index in [1.807, 2.05) is 12.4 Å². The van der Waals surface area contributed by atoms with Gasteiger partial charge in [0.25, 0.3) is 0 Å². The Morgan fingerprint density at radius 2 is 1.77 bits per heavy atom. The van der Waals surface area contributed by atoms with Gasteiger partial charge < -0.3 is 0 Å². The Morgan fingerprint density at radius 3 is 2.77 bits per heavy atom. The van der Waals surface area contributed by atoms with Gasteiger partial charge in [0, 0.05) is 29.6 Å². The molecule has 6 rings (SSSR count). The molecule has 0 aliphatic heterocycles. The maximum Gasteiger partial charge on any atom is 0.116 e. The van der Waals surface area contributed by atoms with Crippen LogP contribution in [0.25, 0.3) is 22.8 Å². The summed E-state index contributed by atoms with van der Waals surface area (Å²) in [6.07, 6.45) is 17.5. The largest absolute Gasteiger partial charge is 0.244 e. The highest BCUT2D eigenvalue weighted by Crippen LogP contribution is 2.33. The van der Waals surface area contributed by atoms with E-state index in [9.17, 15) is 0 Å². The molecule has 0 saturated heterocycles. The normalized spacial score (nSPS) is 14.9. The van der Waals surface area contributed by atoms with E-state index in [-0.39, 0.29) is 0 Å². The molecule has 4 nitrogen and oxygen atoms in total. The number of allylic oxidation sites excluding steroid dienone is 4. The lowest BCUT2D eigenvalue weighted by Crippen LogP contribution is -2.26. The lowest BCUT2D eigenvalue weighted by atomic mass is 10.0. The van der Waals surface area contributed by atoms with Gasteiger partial charge in [-0.25, -0.2) is 19.9 Å². The molecule has 26 heavy (non-hydrogen) atoms. The molecule has 0 N–H and O–H groups in total. The van der Waals surface area contributed by atoms with Crippen molar-refractivity contribution in [1.82, 2.24) is 19.9 Å². The van der Waals surface area contributed by atoms with Gasteiger partial charge in [-0.05, 0) is 34.8 Å². The fourth-order valence-electron chi connectivity index (χ4n) is 3.65. The molecule has 3 aromatic rings. The molecule has 3 aliphatic rings. The smallest absolute Gasteiger partial charge is 0.116 e. The Balaban J connectivity index is 0.000000115. The minimum Gasteiger partial charge on any atom is -0.244 e. The van der Waals surface area contributed by atoms with Gasteiger partial charge in [0.1, 0.15) is 12.7 Å². The van der Waals surface area contributed by atoms with Crippen molar-refractivity contribution in [3.63, 3.8) is 0 Å². The zero-order valence-electron chi connectivity index (χ0n) is 14.1. The molecule has 0 fully saturated rings. The fraction of sp³-hybridized carbons (Fsp3) is 0.0909. The molecule has 2 aromatic heterocycles. The zero-order valence-corrected chi connectivity index (χ0v) is 14.1. The Labute approximate surface area is 151 Å². The van der Waals surface area contributed by atoms with E-state index < -0.39 is 0 Å². The van der Waals surface area contributed by atoms with Crippen LogP contribution in [0.4, 0.5) is 0 Å². The second-order valence-electron chi connectivity index (χ2n) is 6.42. The summed E-state index contributed by atoms with van der Waals surface area (Å²) in [5.74, 6) is 0. The van der Waals surface area contributed by atoms with Crippen LogP contribution in [-0.4, -0.2) is 19.9 Å². The van der Waals surface area contributed by atoms with Crippen LogP contribution >= 0.6 is 0 Å². The molecule has 0 amide bonds. The third-order valence-corrected chi connectivity index (χ3v) is 4.90. The molecule has 0 unspecified atom stereocenters. The number of hydrogen-bond acceptors (Lipinski definition) is 4. The zero-order chi connectivity index (χ0) is 17.3. The summed E-state index contributed by atoms with van der Waals surface area (Å²) < 4.78 is 0. The van der Waals surface area contributed by atoms with Crippen molar-refractivity contribution < 1.29 is 0 Å². The van der Waals surface area contributed by atoms with Crippen LogP contribution in [0.1, 0.15) is 17.7 Å². The highest BCUT2D eigenvalue weighted by molar-refractivity contribution is 5.83. The van der Waals surface area contributed by atoms with E-state index in [0.29, 0.717) is 0 Å². The van der Waals surface area contributed by atoms with Crippen LogP contribution in [0.2, 0.25) is 0 Å². The molecule has 0 spiro atoms. The number of nitrogens with zero attached hydrogens (tertiary/aromatic N) is 4. The second-order valence-corrected chi connectivity index (χ2v) is 6.42. The second kappa shape index (κ2) is 6.15. The van der Waals surface area contributed by atoms with Crippen molar-refractivity contribution in [3.8, 4) is 11.1 Å². The molecule has 2 heterocycles. The first kappa shape index (κ1) is 14.9. The van der Waals surface area contributed by atoms with Gasteiger partial charge in [-0.2, -0.15) is 0 Å². The van der Waals surface area contributed by atoms with Gasteiger partial charge >= 0.3 is 0 Å². The first-order valence-corrected chi connectivity index (χ1v) is 8.65. The van der Waals surface area contributed by atoms with Crippen LogP contribution in [0.5, 0.6) is 0 Å². The van der Waals surface area contributed by atoms with Gasteiger partial charge in [-0.15, -0.1) is 0 Å². The molecular weight excluding hydrogens is 320 g/mol. The maximum absolute atomic E-state index is 4.26. The summed E-state index contributed by atoms with van der Waals surface area (Å²) >= 11 is 0. The van der Waals surface area contributed by atoms with Crippen LogP contribution in [0.15, 0.2) is 73.1 Å². The van der Waals surface area contributed by atoms with Gasteiger partial charge in [0.05, 0.1) is 11.0 Å². The Morgan fingerprint density at radius 1 is 0.885 bits per heavy atom. The lowest BCUT2D eigenvalue weighted by molar-refractivity contribution is 1.07. The third-order valence-electron chi connectivity index (χ3n) is 4.90. The first-order chi connectivity index (χ1) is 12.9. The summed E-state index contributed by atoms with van der Waals surface area (Å²) in [6, 6.07) is 8.40. The van der Waals surface area contributed by atoms with E-state index in [2.05, 4.69) is 68.5 Å². The quantitative estimate of drug-likeness (QED) is 0.495. The molecule has 0 radical (unpaired) electrons. The third kappa shape index (κ3) is 2.47. The van der Waals surface area contributed by atoms with E-state index in [1.54, 1.807) is 12.7 Å².